The van der Waals surface area contributed by atoms with Crippen molar-refractivity contribution in [3.63, 3.8) is 0 Å². The van der Waals surface area contributed by atoms with Crippen molar-refractivity contribution in [3.05, 3.63) is 48.0 Å². The molecule has 8 heteroatoms. The van der Waals surface area contributed by atoms with Gasteiger partial charge >= 0.3 is 11.8 Å². The molecule has 0 bridgehead atoms. The number of amides is 2. The molecule has 2 N–H and O–H groups in total. The molecule has 2 rings (SSSR count). The highest BCUT2D eigenvalue weighted by molar-refractivity contribution is 6.39. The number of rotatable bonds is 6. The fourth-order valence-electron chi connectivity index (χ4n) is 2.02. The van der Waals surface area contributed by atoms with Crippen LogP contribution >= 0.6 is 0 Å². The van der Waals surface area contributed by atoms with Gasteiger partial charge in [0.15, 0.2) is 0 Å². The second-order valence-electron chi connectivity index (χ2n) is 5.00. The number of hydrogen-bond donors (Lipinski definition) is 2. The highest BCUT2D eigenvalue weighted by atomic mass is 16.5. The van der Waals surface area contributed by atoms with Crippen LogP contribution in [0.2, 0.25) is 0 Å². The standard InChI is InChI=1S/C18H19N3O5/c1-24-13-6-4-5-12(9-13)11-19-21-18(23)17(22)20-15-8-7-14(25-2)10-16(15)26-3/h4-11H,1-3H3,(H,20,22)(H,21,23). The predicted octanol–water partition coefficient (Wildman–Crippen LogP) is 1.80. The van der Waals surface area contributed by atoms with Crippen molar-refractivity contribution >= 4 is 23.7 Å². The third kappa shape index (κ3) is 4.97. The van der Waals surface area contributed by atoms with Gasteiger partial charge in [-0.3, -0.25) is 9.59 Å². The molecule has 0 heterocycles. The maximum absolute atomic E-state index is 12.0. The SMILES string of the molecule is COc1cccc(C=NNC(=O)C(=O)Nc2ccc(OC)cc2OC)c1. The van der Waals surface area contributed by atoms with Gasteiger partial charge in [0.1, 0.15) is 17.2 Å². The predicted molar refractivity (Wildman–Crippen MR) is 96.9 cm³/mol. The Bertz CT molecular complexity index is 820. The summed E-state index contributed by atoms with van der Waals surface area (Å²) in [6, 6.07) is 11.9. The van der Waals surface area contributed by atoms with Crippen LogP contribution in [0.15, 0.2) is 47.6 Å². The Labute approximate surface area is 150 Å². The van der Waals surface area contributed by atoms with Crippen molar-refractivity contribution in [2.24, 2.45) is 5.10 Å². The maximum Gasteiger partial charge on any atom is 0.329 e. The Balaban J connectivity index is 1.97. The zero-order valence-corrected chi connectivity index (χ0v) is 14.6. The summed E-state index contributed by atoms with van der Waals surface area (Å²) >= 11 is 0. The smallest absolute Gasteiger partial charge is 0.329 e. The zero-order valence-electron chi connectivity index (χ0n) is 14.6. The Kier molecular flexibility index (Phi) is 6.55. The molecule has 0 unspecified atom stereocenters. The second kappa shape index (κ2) is 9.07. The van der Waals surface area contributed by atoms with Crippen molar-refractivity contribution in [1.82, 2.24) is 5.43 Å². The number of nitrogens with one attached hydrogen (secondary N) is 2. The van der Waals surface area contributed by atoms with Gasteiger partial charge in [-0.15, -0.1) is 0 Å². The summed E-state index contributed by atoms with van der Waals surface area (Å²) in [5, 5.41) is 6.21. The minimum atomic E-state index is -0.915. The van der Waals surface area contributed by atoms with Gasteiger partial charge in [0.2, 0.25) is 0 Å². The van der Waals surface area contributed by atoms with Crippen LogP contribution in [0.5, 0.6) is 17.2 Å². The zero-order chi connectivity index (χ0) is 18.9. The molecule has 8 nitrogen and oxygen atoms in total. The van der Waals surface area contributed by atoms with E-state index < -0.39 is 11.8 Å². The number of carbonyl (C=O) groups is 2. The first-order valence-electron chi connectivity index (χ1n) is 7.58. The minimum absolute atomic E-state index is 0.338. The van der Waals surface area contributed by atoms with Crippen molar-refractivity contribution in [3.8, 4) is 17.2 Å². The Morgan fingerprint density at radius 2 is 1.65 bits per heavy atom. The van der Waals surface area contributed by atoms with Gasteiger partial charge in [-0.2, -0.15) is 5.10 Å². The van der Waals surface area contributed by atoms with Crippen LogP contribution in [0.3, 0.4) is 0 Å². The van der Waals surface area contributed by atoms with Crippen molar-refractivity contribution in [1.29, 1.82) is 0 Å². The lowest BCUT2D eigenvalue weighted by Gasteiger charge is -2.10. The van der Waals surface area contributed by atoms with Gasteiger partial charge < -0.3 is 19.5 Å². The fourth-order valence-corrected chi connectivity index (χ4v) is 2.02. The molecular formula is C18H19N3O5. The van der Waals surface area contributed by atoms with E-state index in [0.29, 0.717) is 28.5 Å². The van der Waals surface area contributed by atoms with Crippen LogP contribution in [0.1, 0.15) is 5.56 Å². The Hall–Kier alpha value is -3.55. The lowest BCUT2D eigenvalue weighted by atomic mass is 10.2. The van der Waals surface area contributed by atoms with E-state index in [9.17, 15) is 9.59 Å². The summed E-state index contributed by atoms with van der Waals surface area (Å²) < 4.78 is 15.3. The van der Waals surface area contributed by atoms with Gasteiger partial charge in [0.05, 0.1) is 33.2 Å². The molecule has 0 aliphatic heterocycles. The second-order valence-corrected chi connectivity index (χ2v) is 5.00. The van der Waals surface area contributed by atoms with E-state index in [1.54, 1.807) is 49.6 Å². The Morgan fingerprint density at radius 1 is 0.923 bits per heavy atom. The minimum Gasteiger partial charge on any atom is -0.497 e. The molecular weight excluding hydrogens is 338 g/mol. The van der Waals surface area contributed by atoms with Gasteiger partial charge in [0.25, 0.3) is 0 Å². The maximum atomic E-state index is 12.0. The molecule has 0 saturated carbocycles. The summed E-state index contributed by atoms with van der Waals surface area (Å²) in [4.78, 5) is 23.8. The summed E-state index contributed by atoms with van der Waals surface area (Å²) in [5.41, 5.74) is 3.21. The van der Waals surface area contributed by atoms with E-state index in [-0.39, 0.29) is 0 Å². The van der Waals surface area contributed by atoms with Crippen LogP contribution in [-0.4, -0.2) is 39.4 Å². The molecule has 2 amide bonds. The highest BCUT2D eigenvalue weighted by Crippen LogP contribution is 2.28. The fraction of sp³-hybridized carbons (Fsp3) is 0.167. The topological polar surface area (TPSA) is 98.2 Å². The van der Waals surface area contributed by atoms with Crippen molar-refractivity contribution in [2.75, 3.05) is 26.6 Å². The monoisotopic (exact) mass is 357 g/mol. The Morgan fingerprint density at radius 3 is 2.35 bits per heavy atom. The van der Waals surface area contributed by atoms with Gasteiger partial charge in [-0.05, 0) is 29.8 Å². The number of nitrogens with zero attached hydrogens (tertiary/aromatic N) is 1. The number of hydrazone groups is 1. The van der Waals surface area contributed by atoms with E-state index in [0.717, 1.165) is 0 Å². The molecule has 0 saturated heterocycles. The third-order valence-electron chi connectivity index (χ3n) is 3.34. The third-order valence-corrected chi connectivity index (χ3v) is 3.34. The molecule has 26 heavy (non-hydrogen) atoms. The van der Waals surface area contributed by atoms with E-state index in [1.165, 1.54) is 20.4 Å². The van der Waals surface area contributed by atoms with Crippen molar-refractivity contribution in [2.45, 2.75) is 0 Å². The lowest BCUT2D eigenvalue weighted by molar-refractivity contribution is -0.136. The molecule has 0 radical (unpaired) electrons. The molecule has 0 aromatic heterocycles. The highest BCUT2D eigenvalue weighted by Gasteiger charge is 2.15. The first-order chi connectivity index (χ1) is 12.6. The van der Waals surface area contributed by atoms with E-state index in [1.807, 2.05) is 0 Å². The number of benzene rings is 2. The summed E-state index contributed by atoms with van der Waals surface area (Å²) in [6.45, 7) is 0. The van der Waals surface area contributed by atoms with E-state index in [4.69, 9.17) is 14.2 Å². The van der Waals surface area contributed by atoms with Gasteiger partial charge in [0, 0.05) is 6.07 Å². The van der Waals surface area contributed by atoms with Crippen LogP contribution in [0.4, 0.5) is 5.69 Å². The first-order valence-corrected chi connectivity index (χ1v) is 7.58. The average molecular weight is 357 g/mol. The number of anilines is 1. The van der Waals surface area contributed by atoms with Crippen LogP contribution < -0.4 is 25.0 Å². The molecule has 2 aromatic carbocycles. The number of hydrogen-bond acceptors (Lipinski definition) is 6. The number of carbonyl (C=O) groups excluding carboxylic acids is 2. The van der Waals surface area contributed by atoms with Gasteiger partial charge in [-0.25, -0.2) is 5.43 Å². The number of methoxy groups -OCH3 is 3. The number of ether oxygens (including phenoxy) is 3. The quantitative estimate of drug-likeness (QED) is 0.467. The molecule has 2 aromatic rings. The van der Waals surface area contributed by atoms with Crippen LogP contribution in [0, 0.1) is 0 Å². The van der Waals surface area contributed by atoms with Crippen LogP contribution in [0.25, 0.3) is 0 Å². The summed E-state index contributed by atoms with van der Waals surface area (Å²) in [6.07, 6.45) is 1.40. The average Bonchev–Trinajstić information content (AvgIpc) is 2.68. The lowest BCUT2D eigenvalue weighted by Crippen LogP contribution is -2.32. The van der Waals surface area contributed by atoms with Crippen LogP contribution in [-0.2, 0) is 9.59 Å². The largest absolute Gasteiger partial charge is 0.497 e. The normalized spacial score (nSPS) is 10.3. The molecule has 0 spiro atoms. The molecule has 0 aliphatic rings. The molecule has 0 atom stereocenters. The van der Waals surface area contributed by atoms with E-state index in [2.05, 4.69) is 15.8 Å². The van der Waals surface area contributed by atoms with E-state index >= 15 is 0 Å². The summed E-state index contributed by atoms with van der Waals surface area (Å²) in [5.74, 6) is -0.208. The van der Waals surface area contributed by atoms with Crippen molar-refractivity contribution < 1.29 is 23.8 Å². The first kappa shape index (κ1) is 18.8. The summed E-state index contributed by atoms with van der Waals surface area (Å²) in [7, 11) is 4.51. The molecule has 136 valence electrons. The van der Waals surface area contributed by atoms with Gasteiger partial charge in [-0.1, -0.05) is 12.1 Å². The molecule has 0 fully saturated rings. The molecule has 0 aliphatic carbocycles.